The summed E-state index contributed by atoms with van der Waals surface area (Å²) in [6.45, 7) is 0. The highest BCUT2D eigenvalue weighted by molar-refractivity contribution is 6.20. The quantitative estimate of drug-likeness (QED) is 0.743. The topological polar surface area (TPSA) is 65.2 Å². The molecule has 1 amide bonds. The number of amides is 1. The van der Waals surface area contributed by atoms with E-state index >= 15 is 0 Å². The Balaban J connectivity index is 3.11. The lowest BCUT2D eigenvalue weighted by molar-refractivity contribution is 0.0992. The van der Waals surface area contributed by atoms with Crippen molar-refractivity contribution < 1.29 is 9.53 Å². The molecule has 0 radical (unpaired) electrons. The number of alkyl halides is 1. The molecule has 1 aromatic heterocycles. The monoisotopic (exact) mass is 200 g/mol. The van der Waals surface area contributed by atoms with E-state index in [1.54, 1.807) is 12.1 Å². The second kappa shape index (κ2) is 4.20. The van der Waals surface area contributed by atoms with Gasteiger partial charge in [-0.3, -0.25) is 9.78 Å². The molecule has 1 atom stereocenters. The van der Waals surface area contributed by atoms with Crippen LogP contribution in [-0.2, 0) is 4.74 Å². The minimum Gasteiger partial charge on any atom is -0.366 e. The molecule has 5 heteroatoms. The van der Waals surface area contributed by atoms with Crippen LogP contribution >= 0.6 is 11.6 Å². The molecule has 0 fully saturated rings. The molecule has 1 unspecified atom stereocenters. The Morgan fingerprint density at radius 3 is 3.00 bits per heavy atom. The van der Waals surface area contributed by atoms with Gasteiger partial charge in [0, 0.05) is 13.3 Å². The van der Waals surface area contributed by atoms with Crippen molar-refractivity contribution in [3.63, 3.8) is 0 Å². The van der Waals surface area contributed by atoms with Gasteiger partial charge in [0.15, 0.2) is 5.56 Å². The van der Waals surface area contributed by atoms with E-state index in [1.807, 2.05) is 0 Å². The van der Waals surface area contributed by atoms with Crippen LogP contribution in [0.5, 0.6) is 0 Å². The number of carbonyl (C=O) groups is 1. The lowest BCUT2D eigenvalue weighted by Crippen LogP contribution is -2.15. The Hall–Kier alpha value is -1.13. The summed E-state index contributed by atoms with van der Waals surface area (Å²) in [6, 6.07) is 3.17. The number of rotatable bonds is 3. The highest BCUT2D eigenvalue weighted by Gasteiger charge is 2.15. The predicted molar refractivity (Wildman–Crippen MR) is 48.4 cm³/mol. The molecular formula is C8H9ClN2O2. The number of nitrogens with two attached hydrogens (primary N) is 1. The highest BCUT2D eigenvalue weighted by atomic mass is 35.5. The van der Waals surface area contributed by atoms with Gasteiger partial charge in [-0.1, -0.05) is 11.6 Å². The summed E-state index contributed by atoms with van der Waals surface area (Å²) in [5.41, 5.74) is 5.00. The summed E-state index contributed by atoms with van der Waals surface area (Å²) in [6.07, 6.45) is 1.52. The van der Waals surface area contributed by atoms with Crippen molar-refractivity contribution in [3.05, 3.63) is 29.6 Å². The van der Waals surface area contributed by atoms with E-state index in [4.69, 9.17) is 22.1 Å². The minimum absolute atomic E-state index is 0.282. The van der Waals surface area contributed by atoms with E-state index in [0.717, 1.165) is 0 Å². The zero-order valence-electron chi connectivity index (χ0n) is 7.03. The third kappa shape index (κ3) is 2.17. The molecule has 0 aliphatic rings. The number of nitrogens with zero attached hydrogens (tertiary/aromatic N) is 1. The molecule has 1 heterocycles. The lowest BCUT2D eigenvalue weighted by Gasteiger charge is -2.09. The summed E-state index contributed by atoms with van der Waals surface area (Å²) in [5.74, 6) is -0.564. The van der Waals surface area contributed by atoms with Crippen molar-refractivity contribution in [2.24, 2.45) is 5.73 Å². The zero-order valence-corrected chi connectivity index (χ0v) is 7.78. The van der Waals surface area contributed by atoms with Gasteiger partial charge in [-0.15, -0.1) is 0 Å². The van der Waals surface area contributed by atoms with E-state index in [2.05, 4.69) is 4.98 Å². The molecule has 70 valence electrons. The van der Waals surface area contributed by atoms with Gasteiger partial charge in [0.05, 0.1) is 11.3 Å². The fraction of sp³-hybridized carbons (Fsp3) is 0.250. The van der Waals surface area contributed by atoms with Crippen LogP contribution in [0.4, 0.5) is 0 Å². The van der Waals surface area contributed by atoms with Crippen LogP contribution < -0.4 is 5.73 Å². The second-order valence-corrected chi connectivity index (χ2v) is 2.75. The number of aromatic nitrogens is 1. The van der Waals surface area contributed by atoms with Crippen LogP contribution in [0.25, 0.3) is 0 Å². The molecule has 0 saturated heterocycles. The average Bonchev–Trinajstić information content (AvgIpc) is 2.16. The Bertz CT molecular complexity index is 317. The number of ether oxygens (including phenoxy) is 1. The van der Waals surface area contributed by atoms with E-state index in [9.17, 15) is 4.79 Å². The minimum atomic E-state index is -0.747. The Kier molecular flexibility index (Phi) is 3.22. The molecule has 0 aliphatic carbocycles. The van der Waals surface area contributed by atoms with Crippen LogP contribution in [0.3, 0.4) is 0 Å². The lowest BCUT2D eigenvalue weighted by atomic mass is 10.2. The van der Waals surface area contributed by atoms with Crippen LogP contribution in [0, 0.1) is 0 Å². The molecule has 0 spiro atoms. The number of halogens is 1. The van der Waals surface area contributed by atoms with Gasteiger partial charge in [0.25, 0.3) is 5.91 Å². The zero-order chi connectivity index (χ0) is 9.84. The molecule has 2 N–H and O–H groups in total. The number of carbonyl (C=O) groups excluding carboxylic acids is 1. The van der Waals surface area contributed by atoms with Gasteiger partial charge < -0.3 is 10.5 Å². The largest absolute Gasteiger partial charge is 0.366 e. The standard InChI is InChI=1S/C8H9ClN2O2/c1-13-7(9)6-5(8(10)12)3-2-4-11-6/h2-4,7H,1H3,(H2,10,12). The molecule has 4 nitrogen and oxygen atoms in total. The first-order chi connectivity index (χ1) is 6.16. The summed E-state index contributed by atoms with van der Waals surface area (Å²) >= 11 is 5.75. The number of methoxy groups -OCH3 is 1. The summed E-state index contributed by atoms with van der Waals surface area (Å²) in [4.78, 5) is 14.8. The molecule has 0 bridgehead atoms. The third-order valence-electron chi connectivity index (χ3n) is 1.53. The van der Waals surface area contributed by atoms with Crippen LogP contribution in [0.2, 0.25) is 0 Å². The molecule has 1 rings (SSSR count). The maximum atomic E-state index is 10.9. The van der Waals surface area contributed by atoms with Crippen molar-refractivity contribution in [2.45, 2.75) is 5.56 Å². The third-order valence-corrected chi connectivity index (χ3v) is 1.91. The van der Waals surface area contributed by atoms with Crippen molar-refractivity contribution in [3.8, 4) is 0 Å². The van der Waals surface area contributed by atoms with E-state index in [0.29, 0.717) is 5.69 Å². The second-order valence-electron chi connectivity index (χ2n) is 2.35. The average molecular weight is 201 g/mol. The fourth-order valence-electron chi connectivity index (χ4n) is 0.918. The van der Waals surface area contributed by atoms with E-state index in [-0.39, 0.29) is 5.56 Å². The summed E-state index contributed by atoms with van der Waals surface area (Å²) < 4.78 is 4.82. The first-order valence-corrected chi connectivity index (χ1v) is 4.02. The van der Waals surface area contributed by atoms with Crippen molar-refractivity contribution in [1.82, 2.24) is 4.98 Å². The van der Waals surface area contributed by atoms with E-state index in [1.165, 1.54) is 13.3 Å². The molecule has 0 saturated carbocycles. The fourth-order valence-corrected chi connectivity index (χ4v) is 1.09. The number of hydrogen-bond donors (Lipinski definition) is 1. The van der Waals surface area contributed by atoms with Crippen molar-refractivity contribution in [2.75, 3.05) is 7.11 Å². The normalized spacial score (nSPS) is 12.5. The molecule has 0 aliphatic heterocycles. The SMILES string of the molecule is COC(Cl)c1ncccc1C(N)=O. The van der Waals surface area contributed by atoms with Gasteiger partial charge in [-0.25, -0.2) is 0 Å². The van der Waals surface area contributed by atoms with Crippen LogP contribution in [-0.4, -0.2) is 18.0 Å². The smallest absolute Gasteiger partial charge is 0.250 e. The highest BCUT2D eigenvalue weighted by Crippen LogP contribution is 2.21. The summed E-state index contributed by atoms with van der Waals surface area (Å²) in [5, 5.41) is 0. The van der Waals surface area contributed by atoms with Gasteiger partial charge in [-0.05, 0) is 12.1 Å². The van der Waals surface area contributed by atoms with Crippen molar-refractivity contribution in [1.29, 1.82) is 0 Å². The van der Waals surface area contributed by atoms with Crippen LogP contribution in [0.15, 0.2) is 18.3 Å². The Morgan fingerprint density at radius 2 is 2.46 bits per heavy atom. The van der Waals surface area contributed by atoms with Gasteiger partial charge in [-0.2, -0.15) is 0 Å². The Labute approximate surface area is 80.7 Å². The molecule has 1 aromatic rings. The van der Waals surface area contributed by atoms with Gasteiger partial charge in [0.2, 0.25) is 0 Å². The number of pyridine rings is 1. The maximum Gasteiger partial charge on any atom is 0.250 e. The molecule has 13 heavy (non-hydrogen) atoms. The first-order valence-electron chi connectivity index (χ1n) is 3.58. The molecule has 0 aromatic carbocycles. The number of hydrogen-bond acceptors (Lipinski definition) is 3. The predicted octanol–water partition coefficient (Wildman–Crippen LogP) is 1.06. The summed E-state index contributed by atoms with van der Waals surface area (Å²) in [7, 11) is 1.43. The molecular weight excluding hydrogens is 192 g/mol. The van der Waals surface area contributed by atoms with Gasteiger partial charge >= 0.3 is 0 Å². The number of primary amides is 1. The van der Waals surface area contributed by atoms with Gasteiger partial charge in [0.1, 0.15) is 0 Å². The maximum absolute atomic E-state index is 10.9. The van der Waals surface area contributed by atoms with Crippen LogP contribution in [0.1, 0.15) is 21.6 Å². The Morgan fingerprint density at radius 1 is 1.77 bits per heavy atom. The van der Waals surface area contributed by atoms with E-state index < -0.39 is 11.5 Å². The van der Waals surface area contributed by atoms with Crippen molar-refractivity contribution >= 4 is 17.5 Å². The first kappa shape index (κ1) is 9.95.